The van der Waals surface area contributed by atoms with Gasteiger partial charge in [-0.25, -0.2) is 4.79 Å². The highest BCUT2D eigenvalue weighted by Gasteiger charge is 2.22. The van der Waals surface area contributed by atoms with E-state index in [0.717, 1.165) is 18.5 Å². The quantitative estimate of drug-likeness (QED) is 0.848. The Morgan fingerprint density at radius 3 is 2.24 bits per heavy atom. The minimum Gasteiger partial charge on any atom is -0.334 e. The van der Waals surface area contributed by atoms with Crippen LogP contribution < -0.4 is 10.6 Å². The maximum atomic E-state index is 12.0. The third-order valence-corrected chi connectivity index (χ3v) is 4.48. The molecule has 108 valence electrons. The first kappa shape index (κ1) is 14.0. The third-order valence-electron chi connectivity index (χ3n) is 3.73. The number of benzene rings is 2. The normalized spacial score (nSPS) is 13.8. The van der Waals surface area contributed by atoms with E-state index in [2.05, 4.69) is 34.9 Å². The fourth-order valence-corrected chi connectivity index (χ4v) is 3.10. The molecule has 0 heterocycles. The molecule has 0 saturated heterocycles. The summed E-state index contributed by atoms with van der Waals surface area (Å²) in [6.45, 7) is 0. The van der Waals surface area contributed by atoms with Gasteiger partial charge in [-0.05, 0) is 54.5 Å². The molecule has 3 rings (SSSR count). The standard InChI is InChI=1S/C17H18N2OS/c1-21-16-8-6-14(7-9-16)18-17(20)19-15-10-12-4-2-3-5-13(12)11-15/h2-9,15H,10-11H2,1H3,(H2,18,19,20). The molecule has 4 heteroatoms. The molecule has 0 atom stereocenters. The summed E-state index contributed by atoms with van der Waals surface area (Å²) >= 11 is 1.69. The van der Waals surface area contributed by atoms with Crippen LogP contribution in [0.4, 0.5) is 10.5 Å². The van der Waals surface area contributed by atoms with E-state index in [-0.39, 0.29) is 12.1 Å². The maximum Gasteiger partial charge on any atom is 0.319 e. The van der Waals surface area contributed by atoms with Gasteiger partial charge in [0.15, 0.2) is 0 Å². The molecule has 2 aromatic rings. The molecule has 0 aliphatic heterocycles. The van der Waals surface area contributed by atoms with Crippen molar-refractivity contribution in [3.63, 3.8) is 0 Å². The zero-order valence-electron chi connectivity index (χ0n) is 11.9. The van der Waals surface area contributed by atoms with Crippen molar-refractivity contribution in [3.05, 3.63) is 59.7 Å². The number of thioether (sulfide) groups is 1. The lowest BCUT2D eigenvalue weighted by molar-refractivity contribution is 0.249. The zero-order chi connectivity index (χ0) is 14.7. The summed E-state index contributed by atoms with van der Waals surface area (Å²) in [7, 11) is 0. The second-order valence-corrected chi connectivity index (χ2v) is 6.08. The van der Waals surface area contributed by atoms with Crippen LogP contribution in [0.2, 0.25) is 0 Å². The summed E-state index contributed by atoms with van der Waals surface area (Å²) in [4.78, 5) is 13.2. The van der Waals surface area contributed by atoms with Gasteiger partial charge in [0.25, 0.3) is 0 Å². The number of nitrogens with one attached hydrogen (secondary N) is 2. The van der Waals surface area contributed by atoms with Gasteiger partial charge in [0.1, 0.15) is 0 Å². The van der Waals surface area contributed by atoms with Crippen molar-refractivity contribution in [1.29, 1.82) is 0 Å². The molecular formula is C17H18N2OS. The number of carbonyl (C=O) groups is 1. The highest BCUT2D eigenvalue weighted by molar-refractivity contribution is 7.98. The number of hydrogen-bond donors (Lipinski definition) is 2. The largest absolute Gasteiger partial charge is 0.334 e. The molecule has 0 spiro atoms. The SMILES string of the molecule is CSc1ccc(NC(=O)NC2Cc3ccccc3C2)cc1. The highest BCUT2D eigenvalue weighted by atomic mass is 32.2. The van der Waals surface area contributed by atoms with Crippen molar-refractivity contribution in [2.24, 2.45) is 0 Å². The van der Waals surface area contributed by atoms with Crippen LogP contribution in [0.15, 0.2) is 53.4 Å². The molecule has 1 aliphatic rings. The van der Waals surface area contributed by atoms with Gasteiger partial charge in [0.2, 0.25) is 0 Å². The molecule has 21 heavy (non-hydrogen) atoms. The van der Waals surface area contributed by atoms with Crippen LogP contribution in [-0.4, -0.2) is 18.3 Å². The zero-order valence-corrected chi connectivity index (χ0v) is 12.7. The van der Waals surface area contributed by atoms with Crippen LogP contribution in [0, 0.1) is 0 Å². The summed E-state index contributed by atoms with van der Waals surface area (Å²) in [5.41, 5.74) is 3.50. The maximum absolute atomic E-state index is 12.0. The predicted molar refractivity (Wildman–Crippen MR) is 88.0 cm³/mol. The minimum atomic E-state index is -0.135. The van der Waals surface area contributed by atoms with E-state index in [9.17, 15) is 4.79 Å². The fourth-order valence-electron chi connectivity index (χ4n) is 2.69. The van der Waals surface area contributed by atoms with Crippen LogP contribution in [0.5, 0.6) is 0 Å². The summed E-state index contributed by atoms with van der Waals surface area (Å²) in [6, 6.07) is 16.3. The molecule has 0 bridgehead atoms. The van der Waals surface area contributed by atoms with Gasteiger partial charge in [-0.3, -0.25) is 0 Å². The Hall–Kier alpha value is -1.94. The van der Waals surface area contributed by atoms with Crippen LogP contribution >= 0.6 is 11.8 Å². The topological polar surface area (TPSA) is 41.1 Å². The van der Waals surface area contributed by atoms with E-state index in [1.54, 1.807) is 11.8 Å². The van der Waals surface area contributed by atoms with Crippen LogP contribution in [0.1, 0.15) is 11.1 Å². The summed E-state index contributed by atoms with van der Waals surface area (Å²) in [5, 5.41) is 5.94. The smallest absolute Gasteiger partial charge is 0.319 e. The van der Waals surface area contributed by atoms with Crippen molar-refractivity contribution in [3.8, 4) is 0 Å². The first-order valence-electron chi connectivity index (χ1n) is 7.03. The molecule has 2 N–H and O–H groups in total. The third kappa shape index (κ3) is 3.39. The van der Waals surface area contributed by atoms with Crippen molar-refractivity contribution >= 4 is 23.5 Å². The monoisotopic (exact) mass is 298 g/mol. The van der Waals surface area contributed by atoms with Crippen molar-refractivity contribution in [1.82, 2.24) is 5.32 Å². The summed E-state index contributed by atoms with van der Waals surface area (Å²) < 4.78 is 0. The van der Waals surface area contributed by atoms with Gasteiger partial charge in [0, 0.05) is 16.6 Å². The van der Waals surface area contributed by atoms with E-state index in [4.69, 9.17) is 0 Å². The fraction of sp³-hybridized carbons (Fsp3) is 0.235. The van der Waals surface area contributed by atoms with Crippen LogP contribution in [-0.2, 0) is 12.8 Å². The lowest BCUT2D eigenvalue weighted by Crippen LogP contribution is -2.38. The second-order valence-electron chi connectivity index (χ2n) is 5.20. The van der Waals surface area contributed by atoms with Crippen molar-refractivity contribution in [2.45, 2.75) is 23.8 Å². The van der Waals surface area contributed by atoms with Crippen molar-refractivity contribution < 1.29 is 4.79 Å². The average molecular weight is 298 g/mol. The summed E-state index contributed by atoms with van der Waals surface area (Å²) in [6.07, 6.45) is 3.86. The molecule has 3 nitrogen and oxygen atoms in total. The number of hydrogen-bond acceptors (Lipinski definition) is 2. The van der Waals surface area contributed by atoms with Gasteiger partial charge < -0.3 is 10.6 Å². The number of rotatable bonds is 3. The number of carbonyl (C=O) groups excluding carboxylic acids is 1. The Labute approximate surface area is 129 Å². The Kier molecular flexibility index (Phi) is 4.15. The Bertz CT molecular complexity index is 614. The van der Waals surface area contributed by atoms with E-state index in [1.165, 1.54) is 16.0 Å². The van der Waals surface area contributed by atoms with Gasteiger partial charge >= 0.3 is 6.03 Å². The molecule has 0 unspecified atom stereocenters. The lowest BCUT2D eigenvalue weighted by atomic mass is 10.1. The molecule has 0 fully saturated rings. The number of urea groups is 1. The first-order valence-corrected chi connectivity index (χ1v) is 8.25. The van der Waals surface area contributed by atoms with Gasteiger partial charge in [-0.2, -0.15) is 0 Å². The van der Waals surface area contributed by atoms with Crippen LogP contribution in [0.25, 0.3) is 0 Å². The number of anilines is 1. The number of fused-ring (bicyclic) bond motifs is 1. The minimum absolute atomic E-state index is 0.135. The van der Waals surface area contributed by atoms with Crippen molar-refractivity contribution in [2.75, 3.05) is 11.6 Å². The molecular weight excluding hydrogens is 280 g/mol. The van der Waals surface area contributed by atoms with E-state index >= 15 is 0 Å². The molecule has 2 aromatic carbocycles. The Morgan fingerprint density at radius 2 is 1.67 bits per heavy atom. The average Bonchev–Trinajstić information content (AvgIpc) is 2.90. The van der Waals surface area contributed by atoms with Crippen LogP contribution in [0.3, 0.4) is 0 Å². The van der Waals surface area contributed by atoms with E-state index in [1.807, 2.05) is 30.5 Å². The van der Waals surface area contributed by atoms with E-state index in [0.29, 0.717) is 0 Å². The van der Waals surface area contributed by atoms with E-state index < -0.39 is 0 Å². The molecule has 0 aromatic heterocycles. The lowest BCUT2D eigenvalue weighted by Gasteiger charge is -2.13. The van der Waals surface area contributed by atoms with Gasteiger partial charge in [0.05, 0.1) is 0 Å². The first-order chi connectivity index (χ1) is 10.2. The molecule has 0 radical (unpaired) electrons. The molecule has 0 saturated carbocycles. The van der Waals surface area contributed by atoms with Gasteiger partial charge in [-0.1, -0.05) is 24.3 Å². The Balaban J connectivity index is 1.55. The second kappa shape index (κ2) is 6.22. The highest BCUT2D eigenvalue weighted by Crippen LogP contribution is 2.22. The van der Waals surface area contributed by atoms with Gasteiger partial charge in [-0.15, -0.1) is 11.8 Å². The molecule has 2 amide bonds. The predicted octanol–water partition coefficient (Wildman–Crippen LogP) is 3.70. The summed E-state index contributed by atoms with van der Waals surface area (Å²) in [5.74, 6) is 0. The number of amides is 2. The molecule has 1 aliphatic carbocycles. The Morgan fingerprint density at radius 1 is 1.05 bits per heavy atom.